The average molecular weight is 274 g/mol. The van der Waals surface area contributed by atoms with E-state index in [9.17, 15) is 18.0 Å². The molecule has 0 aromatic heterocycles. The molecule has 1 fully saturated rings. The molecule has 0 radical (unpaired) electrons. The van der Waals surface area contributed by atoms with Crippen molar-refractivity contribution in [3.8, 4) is 0 Å². The highest BCUT2D eigenvalue weighted by molar-refractivity contribution is 5.98. The molecule has 0 bridgehead atoms. The molecule has 104 valence electrons. The van der Waals surface area contributed by atoms with Crippen molar-refractivity contribution < 1.29 is 23.1 Å². The predicted molar refractivity (Wildman–Crippen MR) is 64.2 cm³/mol. The molecule has 1 aliphatic rings. The van der Waals surface area contributed by atoms with Crippen LogP contribution in [0.15, 0.2) is 18.2 Å². The Morgan fingerprint density at radius 1 is 1.42 bits per heavy atom. The zero-order chi connectivity index (χ0) is 14.2. The molecule has 2 rings (SSSR count). The van der Waals surface area contributed by atoms with Gasteiger partial charge < -0.3 is 15.7 Å². The van der Waals surface area contributed by atoms with Gasteiger partial charge in [-0.1, -0.05) is 6.07 Å². The Morgan fingerprint density at radius 2 is 2.05 bits per heavy atom. The van der Waals surface area contributed by atoms with Crippen LogP contribution in [0.4, 0.5) is 24.5 Å². The van der Waals surface area contributed by atoms with E-state index in [2.05, 4.69) is 0 Å². The topological polar surface area (TPSA) is 66.6 Å². The first-order valence-corrected chi connectivity index (χ1v) is 5.75. The summed E-state index contributed by atoms with van der Waals surface area (Å²) in [5.41, 5.74) is 5.49. The van der Waals surface area contributed by atoms with Gasteiger partial charge in [-0.3, -0.25) is 0 Å². The summed E-state index contributed by atoms with van der Waals surface area (Å²) < 4.78 is 37.8. The predicted octanol–water partition coefficient (Wildman–Crippen LogP) is 2.50. The number of carboxylic acids is 1. The lowest BCUT2D eigenvalue weighted by molar-refractivity contribution is -0.120. The molecule has 19 heavy (non-hydrogen) atoms. The molecular weight excluding hydrogens is 261 g/mol. The number of nitrogen functional groups attached to an aromatic ring is 1. The number of anilines is 2. The molecule has 4 nitrogen and oxygen atoms in total. The Hall–Kier alpha value is -1.92. The van der Waals surface area contributed by atoms with E-state index < -0.39 is 18.7 Å². The van der Waals surface area contributed by atoms with Crippen molar-refractivity contribution in [2.24, 2.45) is 0 Å². The van der Waals surface area contributed by atoms with Crippen LogP contribution in [0, 0.1) is 0 Å². The summed E-state index contributed by atoms with van der Waals surface area (Å²) in [6, 6.07) is 3.80. The molecule has 0 aliphatic heterocycles. The Bertz CT molecular complexity index is 498. The minimum atomic E-state index is -4.40. The van der Waals surface area contributed by atoms with Crippen LogP contribution in [-0.4, -0.2) is 29.8 Å². The van der Waals surface area contributed by atoms with E-state index in [-0.39, 0.29) is 23.0 Å². The van der Waals surface area contributed by atoms with Crippen molar-refractivity contribution in [1.82, 2.24) is 0 Å². The molecule has 0 atom stereocenters. The average Bonchev–Trinajstić information content (AvgIpc) is 3.08. The van der Waals surface area contributed by atoms with Crippen LogP contribution in [0.2, 0.25) is 0 Å². The zero-order valence-electron chi connectivity index (χ0n) is 9.94. The summed E-state index contributed by atoms with van der Waals surface area (Å²) in [7, 11) is 0. The van der Waals surface area contributed by atoms with Gasteiger partial charge in [0.25, 0.3) is 0 Å². The van der Waals surface area contributed by atoms with Gasteiger partial charge in [0.15, 0.2) is 0 Å². The van der Waals surface area contributed by atoms with Crippen LogP contribution < -0.4 is 10.6 Å². The fraction of sp³-hybridized carbons (Fsp3) is 0.417. The molecular formula is C12H13F3N2O2. The van der Waals surface area contributed by atoms with Gasteiger partial charge in [-0.15, -0.1) is 0 Å². The van der Waals surface area contributed by atoms with Gasteiger partial charge in [-0.25, -0.2) is 4.79 Å². The zero-order valence-corrected chi connectivity index (χ0v) is 9.94. The number of halogens is 3. The van der Waals surface area contributed by atoms with Gasteiger partial charge in [0.1, 0.15) is 6.54 Å². The summed E-state index contributed by atoms with van der Waals surface area (Å²) in [5.74, 6) is -1.28. The van der Waals surface area contributed by atoms with E-state index in [0.717, 1.165) is 4.90 Å². The first kappa shape index (κ1) is 13.5. The number of rotatable bonds is 4. The molecule has 0 heterocycles. The lowest BCUT2D eigenvalue weighted by atomic mass is 10.1. The van der Waals surface area contributed by atoms with E-state index in [4.69, 9.17) is 10.8 Å². The number of alkyl halides is 3. The van der Waals surface area contributed by atoms with Crippen molar-refractivity contribution in [3.05, 3.63) is 23.8 Å². The SMILES string of the molecule is Nc1cccc(C(=O)O)c1N(CC(F)(F)F)C1CC1. The lowest BCUT2D eigenvalue weighted by Crippen LogP contribution is -2.37. The summed E-state index contributed by atoms with van der Waals surface area (Å²) in [5, 5.41) is 9.08. The lowest BCUT2D eigenvalue weighted by Gasteiger charge is -2.28. The largest absolute Gasteiger partial charge is 0.478 e. The molecule has 0 spiro atoms. The Kier molecular flexibility index (Phi) is 3.30. The van der Waals surface area contributed by atoms with Crippen molar-refractivity contribution in [2.45, 2.75) is 25.1 Å². The van der Waals surface area contributed by atoms with Crippen LogP contribution in [0.5, 0.6) is 0 Å². The number of carbonyl (C=O) groups is 1. The summed E-state index contributed by atoms with van der Waals surface area (Å²) in [4.78, 5) is 12.2. The number of nitrogens with two attached hydrogens (primary N) is 1. The molecule has 0 amide bonds. The van der Waals surface area contributed by atoms with Crippen LogP contribution in [0.3, 0.4) is 0 Å². The van der Waals surface area contributed by atoms with E-state index in [1.165, 1.54) is 18.2 Å². The van der Waals surface area contributed by atoms with E-state index in [0.29, 0.717) is 12.8 Å². The third kappa shape index (κ3) is 3.10. The van der Waals surface area contributed by atoms with Crippen molar-refractivity contribution in [1.29, 1.82) is 0 Å². The minimum Gasteiger partial charge on any atom is -0.478 e. The molecule has 0 saturated heterocycles. The third-order valence-electron chi connectivity index (χ3n) is 2.92. The third-order valence-corrected chi connectivity index (χ3v) is 2.92. The van der Waals surface area contributed by atoms with Gasteiger partial charge in [-0.05, 0) is 25.0 Å². The number of aromatic carboxylic acids is 1. The molecule has 1 saturated carbocycles. The number of hydrogen-bond acceptors (Lipinski definition) is 3. The summed E-state index contributed by atoms with van der Waals surface area (Å²) >= 11 is 0. The standard InChI is InChI=1S/C12H13F3N2O2/c13-12(14,15)6-17(7-4-5-7)10-8(11(18)19)2-1-3-9(10)16/h1-3,7H,4-6,16H2,(H,18,19). The molecule has 7 heteroatoms. The number of nitrogens with zero attached hydrogens (tertiary/aromatic N) is 1. The van der Waals surface area contributed by atoms with Gasteiger partial charge in [-0.2, -0.15) is 13.2 Å². The smallest absolute Gasteiger partial charge is 0.405 e. The number of para-hydroxylation sites is 1. The molecule has 0 unspecified atom stereocenters. The first-order chi connectivity index (χ1) is 8.79. The molecule has 1 aromatic carbocycles. The maximum absolute atomic E-state index is 12.6. The second kappa shape index (κ2) is 4.64. The van der Waals surface area contributed by atoms with Crippen LogP contribution in [-0.2, 0) is 0 Å². The van der Waals surface area contributed by atoms with Crippen LogP contribution >= 0.6 is 0 Å². The van der Waals surface area contributed by atoms with Gasteiger partial charge >= 0.3 is 12.1 Å². The van der Waals surface area contributed by atoms with E-state index >= 15 is 0 Å². The Morgan fingerprint density at radius 3 is 2.53 bits per heavy atom. The number of benzene rings is 1. The summed E-state index contributed by atoms with van der Waals surface area (Å²) in [6.07, 6.45) is -3.17. The van der Waals surface area contributed by atoms with Crippen molar-refractivity contribution in [2.75, 3.05) is 17.2 Å². The quantitative estimate of drug-likeness (QED) is 0.828. The van der Waals surface area contributed by atoms with Crippen LogP contribution in [0.25, 0.3) is 0 Å². The maximum atomic E-state index is 12.6. The monoisotopic (exact) mass is 274 g/mol. The number of carboxylic acid groups (broad SMARTS) is 1. The fourth-order valence-electron chi connectivity index (χ4n) is 2.02. The first-order valence-electron chi connectivity index (χ1n) is 5.75. The highest BCUT2D eigenvalue weighted by atomic mass is 19.4. The second-order valence-electron chi connectivity index (χ2n) is 4.52. The van der Waals surface area contributed by atoms with Crippen LogP contribution in [0.1, 0.15) is 23.2 Å². The van der Waals surface area contributed by atoms with Gasteiger partial charge in [0.05, 0.1) is 16.9 Å². The maximum Gasteiger partial charge on any atom is 0.405 e. The molecule has 3 N–H and O–H groups in total. The molecule has 1 aromatic rings. The summed E-state index contributed by atoms with van der Waals surface area (Å²) in [6.45, 7) is -1.19. The highest BCUT2D eigenvalue weighted by Gasteiger charge is 2.40. The van der Waals surface area contributed by atoms with Crippen molar-refractivity contribution in [3.63, 3.8) is 0 Å². The van der Waals surface area contributed by atoms with E-state index in [1.54, 1.807) is 0 Å². The van der Waals surface area contributed by atoms with Gasteiger partial charge in [0, 0.05) is 6.04 Å². The van der Waals surface area contributed by atoms with E-state index in [1.807, 2.05) is 0 Å². The van der Waals surface area contributed by atoms with Crippen molar-refractivity contribution >= 4 is 17.3 Å². The number of hydrogen-bond donors (Lipinski definition) is 2. The van der Waals surface area contributed by atoms with Gasteiger partial charge in [0.2, 0.25) is 0 Å². The highest BCUT2D eigenvalue weighted by Crippen LogP contribution is 2.39. The second-order valence-corrected chi connectivity index (χ2v) is 4.52. The fourth-order valence-corrected chi connectivity index (χ4v) is 2.02. The normalized spacial score (nSPS) is 15.3. The Balaban J connectivity index is 2.44. The molecule has 1 aliphatic carbocycles. The minimum absolute atomic E-state index is 0.0326. The Labute approximate surface area is 107 Å².